The zero-order valence-electron chi connectivity index (χ0n) is 11.8. The first-order valence-corrected chi connectivity index (χ1v) is 8.63. The number of carbonyl (C=O) groups is 1. The van der Waals surface area contributed by atoms with Crippen LogP contribution in [-0.4, -0.2) is 38.9 Å². The third kappa shape index (κ3) is 2.51. The van der Waals surface area contributed by atoms with Crippen molar-refractivity contribution in [3.63, 3.8) is 0 Å². The van der Waals surface area contributed by atoms with E-state index in [-0.39, 0.29) is 24.6 Å². The Balaban J connectivity index is 1.48. The topological polar surface area (TPSA) is 71.9 Å². The maximum absolute atomic E-state index is 12.3. The number of thiophene rings is 1. The summed E-state index contributed by atoms with van der Waals surface area (Å²) in [5.74, 6) is 0.663. The van der Waals surface area contributed by atoms with Crippen molar-refractivity contribution in [3.8, 4) is 10.7 Å². The molecule has 0 aliphatic carbocycles. The van der Waals surface area contributed by atoms with Crippen LogP contribution in [0.1, 0.15) is 19.3 Å². The molecule has 2 aliphatic rings. The van der Waals surface area contributed by atoms with E-state index in [1.165, 1.54) is 0 Å². The van der Waals surface area contributed by atoms with Crippen molar-refractivity contribution in [2.24, 2.45) is 0 Å². The van der Waals surface area contributed by atoms with E-state index < -0.39 is 0 Å². The first-order valence-electron chi connectivity index (χ1n) is 7.34. The summed E-state index contributed by atoms with van der Waals surface area (Å²) in [4.78, 5) is 13.3. The molecule has 2 aromatic rings. The molecule has 22 heavy (non-hydrogen) atoms. The summed E-state index contributed by atoms with van der Waals surface area (Å²) in [7, 11) is 0. The van der Waals surface area contributed by atoms with Crippen molar-refractivity contribution in [2.45, 2.75) is 44.1 Å². The van der Waals surface area contributed by atoms with Gasteiger partial charge in [-0.3, -0.25) is 14.5 Å². The molecule has 1 amide bonds. The Hall–Kier alpha value is -1.51. The fourth-order valence-electron chi connectivity index (χ4n) is 3.24. The van der Waals surface area contributed by atoms with Gasteiger partial charge in [-0.25, -0.2) is 0 Å². The minimum atomic E-state index is -0.0449. The number of rotatable bonds is 4. The van der Waals surface area contributed by atoms with E-state index in [4.69, 9.17) is 17.0 Å². The molecule has 4 rings (SSSR count). The number of fused-ring (bicyclic) bond motifs is 2. The summed E-state index contributed by atoms with van der Waals surface area (Å²) in [6.07, 6.45) is 3.59. The molecular formula is C14H16N4O2S2. The largest absolute Gasteiger partial charge is 0.373 e. The Bertz CT molecular complexity index is 736. The van der Waals surface area contributed by atoms with Crippen LogP contribution in [-0.2, 0) is 16.1 Å². The van der Waals surface area contributed by atoms with Crippen molar-refractivity contribution < 1.29 is 9.53 Å². The number of hydrogen-bond donors (Lipinski definition) is 2. The van der Waals surface area contributed by atoms with Gasteiger partial charge in [-0.05, 0) is 42.9 Å². The number of carbonyl (C=O) groups excluding carboxylic acids is 1. The van der Waals surface area contributed by atoms with Crippen LogP contribution >= 0.6 is 23.6 Å². The Kier molecular flexibility index (Phi) is 3.59. The lowest BCUT2D eigenvalue weighted by atomic mass is 9.95. The van der Waals surface area contributed by atoms with Crippen LogP contribution < -0.4 is 5.32 Å². The van der Waals surface area contributed by atoms with Gasteiger partial charge in [0, 0.05) is 0 Å². The van der Waals surface area contributed by atoms with Gasteiger partial charge in [-0.15, -0.1) is 11.3 Å². The van der Waals surface area contributed by atoms with Gasteiger partial charge in [-0.1, -0.05) is 6.07 Å². The second kappa shape index (κ2) is 5.60. The fraction of sp³-hybridized carbons (Fsp3) is 0.500. The van der Waals surface area contributed by atoms with Gasteiger partial charge in [0.25, 0.3) is 0 Å². The molecule has 3 atom stereocenters. The smallest absolute Gasteiger partial charge is 0.240 e. The lowest BCUT2D eigenvalue weighted by Gasteiger charge is -2.20. The quantitative estimate of drug-likeness (QED) is 0.839. The summed E-state index contributed by atoms with van der Waals surface area (Å²) < 4.78 is 7.97. The summed E-state index contributed by atoms with van der Waals surface area (Å²) in [5, 5.41) is 12.1. The molecule has 2 aliphatic heterocycles. The lowest BCUT2D eigenvalue weighted by Crippen LogP contribution is -2.42. The minimum Gasteiger partial charge on any atom is -0.373 e. The monoisotopic (exact) mass is 336 g/mol. The number of hydrogen-bond acceptors (Lipinski definition) is 5. The van der Waals surface area contributed by atoms with Gasteiger partial charge < -0.3 is 10.1 Å². The number of H-pyrrole nitrogens is 1. The molecule has 2 bridgehead atoms. The number of nitrogens with zero attached hydrogens (tertiary/aromatic N) is 2. The highest BCUT2D eigenvalue weighted by Crippen LogP contribution is 2.34. The number of amides is 1. The molecule has 116 valence electrons. The number of aromatic nitrogens is 3. The van der Waals surface area contributed by atoms with Crippen molar-refractivity contribution in [3.05, 3.63) is 22.3 Å². The lowest BCUT2D eigenvalue weighted by molar-refractivity contribution is -0.122. The molecule has 0 radical (unpaired) electrons. The highest BCUT2D eigenvalue weighted by molar-refractivity contribution is 7.71. The molecular weight excluding hydrogens is 320 g/mol. The predicted octanol–water partition coefficient (Wildman–Crippen LogP) is 2.11. The van der Waals surface area contributed by atoms with Crippen molar-refractivity contribution in [1.29, 1.82) is 0 Å². The van der Waals surface area contributed by atoms with E-state index in [9.17, 15) is 4.79 Å². The predicted molar refractivity (Wildman–Crippen MR) is 85.2 cm³/mol. The van der Waals surface area contributed by atoms with Gasteiger partial charge >= 0.3 is 0 Å². The Morgan fingerprint density at radius 3 is 3.18 bits per heavy atom. The molecule has 2 fully saturated rings. The minimum absolute atomic E-state index is 0.0449. The average molecular weight is 336 g/mol. The van der Waals surface area contributed by atoms with Crippen LogP contribution in [0.15, 0.2) is 17.5 Å². The molecule has 6 nitrogen and oxygen atoms in total. The molecule has 0 spiro atoms. The maximum atomic E-state index is 12.3. The number of nitrogens with one attached hydrogen (secondary N) is 2. The Morgan fingerprint density at radius 1 is 1.59 bits per heavy atom. The van der Waals surface area contributed by atoms with Gasteiger partial charge in [0.05, 0.1) is 23.1 Å². The SMILES string of the molecule is O=C(Cn1c(-c2cccs2)n[nH]c1=S)N[C@H]1C[C@H]2CC[C@H]1O2. The van der Waals surface area contributed by atoms with E-state index in [1.807, 2.05) is 17.5 Å². The van der Waals surface area contributed by atoms with Gasteiger partial charge in [0.15, 0.2) is 10.6 Å². The fourth-order valence-corrected chi connectivity index (χ4v) is 4.16. The van der Waals surface area contributed by atoms with Crippen LogP contribution in [0.4, 0.5) is 0 Å². The number of ether oxygens (including phenoxy) is 1. The molecule has 0 aromatic carbocycles. The van der Waals surface area contributed by atoms with Crippen LogP contribution in [0.25, 0.3) is 10.7 Å². The van der Waals surface area contributed by atoms with Crippen molar-refractivity contribution in [2.75, 3.05) is 0 Å². The first-order chi connectivity index (χ1) is 10.7. The average Bonchev–Trinajstić information content (AvgIpc) is 3.24. The van der Waals surface area contributed by atoms with Gasteiger partial charge in [0.2, 0.25) is 5.91 Å². The van der Waals surface area contributed by atoms with Crippen LogP contribution in [0, 0.1) is 4.77 Å². The Morgan fingerprint density at radius 2 is 2.50 bits per heavy atom. The third-order valence-corrected chi connectivity index (χ3v) is 5.43. The first kappa shape index (κ1) is 14.1. The number of aromatic amines is 1. The van der Waals surface area contributed by atoms with Crippen molar-refractivity contribution in [1.82, 2.24) is 20.1 Å². The molecule has 0 unspecified atom stereocenters. The summed E-state index contributed by atoms with van der Waals surface area (Å²) in [6, 6.07) is 4.06. The Labute approximate surface area is 136 Å². The van der Waals surface area contributed by atoms with Crippen LogP contribution in [0.3, 0.4) is 0 Å². The van der Waals surface area contributed by atoms with Crippen molar-refractivity contribution >= 4 is 29.5 Å². The molecule has 2 saturated heterocycles. The highest BCUT2D eigenvalue weighted by Gasteiger charge is 2.41. The van der Waals surface area contributed by atoms with E-state index in [2.05, 4.69) is 15.5 Å². The normalized spacial score (nSPS) is 26.5. The molecule has 2 N–H and O–H groups in total. The summed E-state index contributed by atoms with van der Waals surface area (Å²) >= 11 is 6.82. The maximum Gasteiger partial charge on any atom is 0.240 e. The van der Waals surface area contributed by atoms with E-state index in [1.54, 1.807) is 15.9 Å². The molecule has 2 aromatic heterocycles. The zero-order valence-corrected chi connectivity index (χ0v) is 13.5. The standard InChI is InChI=1S/C14H16N4O2S2/c19-12(15-9-6-8-3-4-10(9)20-8)7-18-13(16-17-14(18)21)11-2-1-5-22-11/h1-2,5,8-10H,3-4,6-7H2,(H,15,19)(H,17,21)/t8-,9+,10-/m1/s1. The van der Waals surface area contributed by atoms with Gasteiger partial charge in [0.1, 0.15) is 6.54 Å². The molecule has 0 saturated carbocycles. The van der Waals surface area contributed by atoms with E-state index >= 15 is 0 Å². The summed E-state index contributed by atoms with van der Waals surface area (Å²) in [5.41, 5.74) is 0. The van der Waals surface area contributed by atoms with Gasteiger partial charge in [-0.2, -0.15) is 5.10 Å². The second-order valence-corrected chi connectivity index (χ2v) is 7.03. The van der Waals surface area contributed by atoms with Crippen LogP contribution in [0.5, 0.6) is 0 Å². The summed E-state index contributed by atoms with van der Waals surface area (Å²) in [6.45, 7) is 0.177. The van der Waals surface area contributed by atoms with Crippen LogP contribution in [0.2, 0.25) is 0 Å². The van der Waals surface area contributed by atoms with E-state index in [0.717, 1.165) is 24.1 Å². The highest BCUT2D eigenvalue weighted by atomic mass is 32.1. The molecule has 4 heterocycles. The third-order valence-electron chi connectivity index (χ3n) is 4.25. The zero-order chi connectivity index (χ0) is 15.1. The second-order valence-electron chi connectivity index (χ2n) is 5.70. The van der Waals surface area contributed by atoms with E-state index in [0.29, 0.717) is 16.7 Å². The molecule has 8 heteroatoms.